The number of hydrogen-bond acceptors (Lipinski definition) is 6. The highest BCUT2D eigenvalue weighted by molar-refractivity contribution is 6.30. The number of aromatic nitrogens is 2. The topological polar surface area (TPSA) is 68.9 Å². The van der Waals surface area contributed by atoms with Crippen molar-refractivity contribution in [3.63, 3.8) is 0 Å². The van der Waals surface area contributed by atoms with E-state index in [0.717, 1.165) is 167 Å². The number of nitrogens with zero attached hydrogens (tertiary/aromatic N) is 4. The average Bonchev–Trinajstić information content (AvgIpc) is 1.54. The predicted molar refractivity (Wildman–Crippen MR) is 387 cm³/mol. The number of anilines is 6. The van der Waals surface area contributed by atoms with Crippen molar-refractivity contribution in [2.45, 2.75) is 0 Å². The third-order valence-corrected chi connectivity index (χ3v) is 19.1. The van der Waals surface area contributed by atoms with Crippen LogP contribution in [0.3, 0.4) is 0 Å². The lowest BCUT2D eigenvalue weighted by atomic mass is 9.99. The molecule has 0 aliphatic rings. The summed E-state index contributed by atoms with van der Waals surface area (Å²) in [6.07, 6.45) is 0. The summed E-state index contributed by atoms with van der Waals surface area (Å²) < 4.78 is 30.4. The van der Waals surface area contributed by atoms with Crippen LogP contribution in [-0.4, -0.2) is 9.13 Å². The average molecular weight is 1210 g/mol. The van der Waals surface area contributed by atoms with Gasteiger partial charge in [0.1, 0.15) is 45.0 Å². The van der Waals surface area contributed by atoms with Gasteiger partial charge < -0.3 is 36.6 Å². The number of hydrogen-bond donors (Lipinski definition) is 0. The van der Waals surface area contributed by atoms with Crippen molar-refractivity contribution in [3.05, 3.63) is 315 Å². The third kappa shape index (κ3) is 8.06. The zero-order chi connectivity index (χ0) is 61.5. The van der Waals surface area contributed by atoms with Crippen LogP contribution in [-0.2, 0) is 0 Å². The molecule has 94 heavy (non-hydrogen) atoms. The molecule has 0 amide bonds. The smallest absolute Gasteiger partial charge is 0.135 e. The van der Waals surface area contributed by atoms with E-state index in [1.54, 1.807) is 0 Å². The number of fused-ring (bicyclic) bond motifs is 17. The van der Waals surface area contributed by atoms with E-state index in [1.165, 1.54) is 21.5 Å². The van der Waals surface area contributed by atoms with Crippen molar-refractivity contribution < 1.29 is 17.7 Å². The van der Waals surface area contributed by atoms with Gasteiger partial charge in [-0.05, 0) is 193 Å². The molecule has 440 valence electrons. The van der Waals surface area contributed by atoms with Crippen molar-refractivity contribution in [2.75, 3.05) is 9.80 Å². The molecule has 0 unspecified atom stereocenters. The summed E-state index contributed by atoms with van der Waals surface area (Å²) in [6, 6.07) is 113. The van der Waals surface area contributed by atoms with Crippen molar-refractivity contribution in [1.29, 1.82) is 0 Å². The van der Waals surface area contributed by atoms with Gasteiger partial charge in [0.25, 0.3) is 0 Å². The Hall–Kier alpha value is -12.8. The van der Waals surface area contributed by atoms with Crippen molar-refractivity contribution >= 4 is 154 Å². The SMILES string of the molecule is c1ccc(-n2c3cc(N(c4ccc(-c5cc6ccccc6o5)cc4)c4ccc5oc6ccccc6c5c4)ccc3c3c4ccc5c(c4ccc32)c2ccc(N(c3ccc(-c4cc6ccccc6o4)cc3)c3ccc4oc6ccccc6c4c3)cc2n5-c2ccccc2)cc1. The van der Waals surface area contributed by atoms with E-state index in [9.17, 15) is 0 Å². The predicted octanol–water partition coefficient (Wildman–Crippen LogP) is 24.6. The van der Waals surface area contributed by atoms with Crippen LogP contribution >= 0.6 is 0 Å². The lowest BCUT2D eigenvalue weighted by molar-refractivity contribution is 0.631. The fraction of sp³-hybridized carbons (Fsp3) is 0. The van der Waals surface area contributed by atoms with Crippen LogP contribution in [0.2, 0.25) is 0 Å². The van der Waals surface area contributed by atoms with Crippen LogP contribution in [0.4, 0.5) is 34.1 Å². The minimum Gasteiger partial charge on any atom is -0.456 e. The zero-order valence-corrected chi connectivity index (χ0v) is 50.4. The second-order valence-corrected chi connectivity index (χ2v) is 24.4. The Morgan fingerprint density at radius 1 is 0.213 bits per heavy atom. The van der Waals surface area contributed by atoms with Gasteiger partial charge in [0.2, 0.25) is 0 Å². The van der Waals surface area contributed by atoms with E-state index in [-0.39, 0.29) is 0 Å². The number of para-hydroxylation sites is 6. The van der Waals surface area contributed by atoms with Crippen molar-refractivity contribution in [1.82, 2.24) is 9.13 Å². The number of furan rings is 4. The van der Waals surface area contributed by atoms with Gasteiger partial charge in [-0.2, -0.15) is 0 Å². The molecule has 0 saturated heterocycles. The van der Waals surface area contributed by atoms with Crippen LogP contribution < -0.4 is 9.80 Å². The van der Waals surface area contributed by atoms with Crippen molar-refractivity contribution in [3.8, 4) is 34.0 Å². The quantitative estimate of drug-likeness (QED) is 0.136. The highest BCUT2D eigenvalue weighted by atomic mass is 16.3. The van der Waals surface area contributed by atoms with E-state index < -0.39 is 0 Å². The molecule has 0 radical (unpaired) electrons. The van der Waals surface area contributed by atoms with Gasteiger partial charge in [-0.15, -0.1) is 0 Å². The summed E-state index contributed by atoms with van der Waals surface area (Å²) in [6.45, 7) is 0. The van der Waals surface area contributed by atoms with Gasteiger partial charge in [-0.1, -0.05) is 133 Å². The summed E-state index contributed by atoms with van der Waals surface area (Å²) >= 11 is 0. The fourth-order valence-electron chi connectivity index (χ4n) is 14.8. The molecule has 0 aliphatic carbocycles. The molecule has 8 nitrogen and oxygen atoms in total. The first-order valence-electron chi connectivity index (χ1n) is 31.8. The van der Waals surface area contributed by atoms with Gasteiger partial charge in [0.05, 0.1) is 22.1 Å². The van der Waals surface area contributed by atoms with Crippen LogP contribution in [0.25, 0.3) is 154 Å². The molecule has 6 aromatic heterocycles. The first-order chi connectivity index (χ1) is 46.6. The summed E-state index contributed by atoms with van der Waals surface area (Å²) in [4.78, 5) is 4.72. The monoisotopic (exact) mass is 1200 g/mol. The Labute approximate surface area is 537 Å². The summed E-state index contributed by atoms with van der Waals surface area (Å²) in [5, 5.41) is 13.5. The molecule has 20 rings (SSSR count). The maximum absolute atomic E-state index is 6.40. The van der Waals surface area contributed by atoms with Crippen LogP contribution in [0.1, 0.15) is 0 Å². The Kier molecular flexibility index (Phi) is 11.3. The second kappa shape index (κ2) is 20.4. The molecule has 0 bridgehead atoms. The van der Waals surface area contributed by atoms with E-state index in [2.05, 4.69) is 274 Å². The molecule has 0 spiro atoms. The Morgan fingerprint density at radius 2 is 0.564 bits per heavy atom. The molecule has 14 aromatic carbocycles. The molecular formula is C86H52N4O4. The molecular weight excluding hydrogens is 1150 g/mol. The maximum atomic E-state index is 6.40. The molecule has 0 saturated carbocycles. The molecule has 0 fully saturated rings. The maximum Gasteiger partial charge on any atom is 0.135 e. The molecule has 6 heterocycles. The van der Waals surface area contributed by atoms with Gasteiger partial charge in [-0.25, -0.2) is 0 Å². The first kappa shape index (κ1) is 52.0. The molecule has 0 atom stereocenters. The Morgan fingerprint density at radius 3 is 1.00 bits per heavy atom. The van der Waals surface area contributed by atoms with Gasteiger partial charge in [0, 0.05) is 110 Å². The molecule has 8 heteroatoms. The van der Waals surface area contributed by atoms with Crippen LogP contribution in [0.15, 0.2) is 333 Å². The second-order valence-electron chi connectivity index (χ2n) is 24.4. The largest absolute Gasteiger partial charge is 0.456 e. The first-order valence-corrected chi connectivity index (χ1v) is 31.8. The van der Waals surface area contributed by atoms with Gasteiger partial charge in [-0.3, -0.25) is 0 Å². The fourth-order valence-corrected chi connectivity index (χ4v) is 14.8. The van der Waals surface area contributed by atoms with E-state index in [1.807, 2.05) is 60.7 Å². The Balaban J connectivity index is 0.781. The molecule has 0 N–H and O–H groups in total. The number of rotatable bonds is 10. The van der Waals surface area contributed by atoms with Crippen molar-refractivity contribution in [2.24, 2.45) is 0 Å². The zero-order valence-electron chi connectivity index (χ0n) is 50.4. The molecule has 0 aliphatic heterocycles. The molecule has 20 aromatic rings. The van der Waals surface area contributed by atoms with Gasteiger partial charge in [0.15, 0.2) is 0 Å². The lowest BCUT2D eigenvalue weighted by Gasteiger charge is -2.26. The Bertz CT molecular complexity index is 5960. The van der Waals surface area contributed by atoms with Gasteiger partial charge >= 0.3 is 0 Å². The summed E-state index contributed by atoms with van der Waals surface area (Å²) in [7, 11) is 0. The number of benzene rings is 14. The summed E-state index contributed by atoms with van der Waals surface area (Å²) in [5.41, 5.74) is 19.8. The standard InChI is InChI=1S/C86H52N4O4/c1-3-17-57(18-4-1)89-73-43-41-68-67(85(73)69-39-35-63(51-75(69)89)87(61-37-45-81-71(49-61)65-21-9-13-25-79(65)93-81)59-31-27-53(28-32-59)83-47-55-15-7-11-23-77(55)91-83)42-44-74-86(68)70-40-36-64(52-76(70)90(74)58-19-5-2-6-20-58)88(62-38-46-82-72(50-62)66-22-10-14-26-80(66)94-82)60-33-29-54(30-34-60)84-48-56-16-8-12-24-78(56)92-84/h1-52H. The minimum atomic E-state index is 0.830. The normalized spacial score (nSPS) is 12.0. The van der Waals surface area contributed by atoms with E-state index in [4.69, 9.17) is 17.7 Å². The van der Waals surface area contributed by atoms with E-state index >= 15 is 0 Å². The van der Waals surface area contributed by atoms with Crippen LogP contribution in [0.5, 0.6) is 0 Å². The van der Waals surface area contributed by atoms with Crippen LogP contribution in [0, 0.1) is 0 Å². The third-order valence-electron chi connectivity index (χ3n) is 19.1. The highest BCUT2D eigenvalue weighted by Gasteiger charge is 2.25. The highest BCUT2D eigenvalue weighted by Crippen LogP contribution is 2.48. The van der Waals surface area contributed by atoms with E-state index in [0.29, 0.717) is 0 Å². The lowest BCUT2D eigenvalue weighted by Crippen LogP contribution is -2.10. The minimum absolute atomic E-state index is 0.830. The summed E-state index contributed by atoms with van der Waals surface area (Å²) in [5.74, 6) is 1.66.